The van der Waals surface area contributed by atoms with E-state index < -0.39 is 0 Å². The Morgan fingerprint density at radius 3 is 2.62 bits per heavy atom. The zero-order valence-corrected chi connectivity index (χ0v) is 21.1. The van der Waals surface area contributed by atoms with Gasteiger partial charge in [-0.2, -0.15) is 5.26 Å². The molecule has 0 aliphatic carbocycles. The van der Waals surface area contributed by atoms with Crippen LogP contribution in [0.15, 0.2) is 72.6 Å². The van der Waals surface area contributed by atoms with Crippen molar-refractivity contribution < 1.29 is 9.53 Å². The number of nitrogens with one attached hydrogen (secondary N) is 1. The zero-order valence-electron chi connectivity index (χ0n) is 21.1. The Kier molecular flexibility index (Phi) is 8.33. The molecule has 2 aromatic carbocycles. The summed E-state index contributed by atoms with van der Waals surface area (Å²) < 4.78 is 5.90. The molecule has 1 unspecified atom stereocenters. The van der Waals surface area contributed by atoms with Crippen LogP contribution in [0.4, 0.5) is 11.6 Å². The Morgan fingerprint density at radius 2 is 1.92 bits per heavy atom. The Balaban J connectivity index is 1.49. The number of nitrogen functional groups attached to an aromatic ring is 1. The minimum atomic E-state index is -0.243. The summed E-state index contributed by atoms with van der Waals surface area (Å²) in [6, 6.07) is 19.2. The highest BCUT2D eigenvalue weighted by atomic mass is 16.5. The molecule has 1 atom stereocenters. The van der Waals surface area contributed by atoms with Gasteiger partial charge >= 0.3 is 0 Å². The molecule has 37 heavy (non-hydrogen) atoms. The number of nitrogens with zero attached hydrogens (tertiary/aromatic N) is 5. The standard InChI is InChI=1S/C28H31N7O2/c1-34(2)16-14-21(17-29)28(36)35-15-6-7-22(18-35)33-27-25(26(30)31-19-32-27)20-10-12-24(13-11-20)37-23-8-4-3-5-9-23/h3-5,8-14,19,22H,6-7,15-16,18H2,1-2H3,(H3,30,31,32,33)/b21-14+. The minimum absolute atomic E-state index is 0.0415. The third kappa shape index (κ3) is 6.63. The van der Waals surface area contributed by atoms with E-state index in [1.165, 1.54) is 6.33 Å². The van der Waals surface area contributed by atoms with Crippen LogP contribution >= 0.6 is 0 Å². The van der Waals surface area contributed by atoms with Crippen LogP contribution in [0, 0.1) is 11.3 Å². The number of nitriles is 1. The number of carbonyl (C=O) groups is 1. The second-order valence-electron chi connectivity index (χ2n) is 9.15. The topological polar surface area (TPSA) is 120 Å². The molecule has 9 nitrogen and oxygen atoms in total. The van der Waals surface area contributed by atoms with Gasteiger partial charge in [0.05, 0.1) is 5.56 Å². The highest BCUT2D eigenvalue weighted by Crippen LogP contribution is 2.33. The van der Waals surface area contributed by atoms with Crippen molar-refractivity contribution in [2.45, 2.75) is 18.9 Å². The van der Waals surface area contributed by atoms with E-state index in [1.807, 2.05) is 73.6 Å². The average molecular weight is 498 g/mol. The summed E-state index contributed by atoms with van der Waals surface area (Å²) in [5.74, 6) is 2.18. The predicted molar refractivity (Wildman–Crippen MR) is 144 cm³/mol. The van der Waals surface area contributed by atoms with Gasteiger partial charge in [-0.05, 0) is 62.8 Å². The van der Waals surface area contributed by atoms with Crippen molar-refractivity contribution >= 4 is 17.5 Å². The molecule has 1 fully saturated rings. The van der Waals surface area contributed by atoms with Gasteiger partial charge in [-0.25, -0.2) is 9.97 Å². The van der Waals surface area contributed by atoms with Crippen LogP contribution in [0.25, 0.3) is 11.1 Å². The first-order valence-corrected chi connectivity index (χ1v) is 12.2. The summed E-state index contributed by atoms with van der Waals surface area (Å²) in [5, 5.41) is 13.0. The molecule has 1 aliphatic rings. The fraction of sp³-hybridized carbons (Fsp3) is 0.286. The first-order chi connectivity index (χ1) is 17.9. The fourth-order valence-electron chi connectivity index (χ4n) is 4.21. The lowest BCUT2D eigenvalue weighted by molar-refractivity contribution is -0.127. The Morgan fingerprint density at radius 1 is 1.19 bits per heavy atom. The van der Waals surface area contributed by atoms with Crippen LogP contribution < -0.4 is 15.8 Å². The Bertz CT molecular complexity index is 1280. The number of hydrogen-bond acceptors (Lipinski definition) is 8. The molecule has 1 aromatic heterocycles. The van der Waals surface area contributed by atoms with Crippen LogP contribution in [-0.4, -0.2) is 65.4 Å². The number of likely N-dealkylation sites (N-methyl/N-ethyl adjacent to an activating group) is 1. The molecule has 3 N–H and O–H groups in total. The fourth-order valence-corrected chi connectivity index (χ4v) is 4.21. The monoisotopic (exact) mass is 497 g/mol. The first-order valence-electron chi connectivity index (χ1n) is 12.2. The first kappa shape index (κ1) is 25.7. The zero-order chi connectivity index (χ0) is 26.2. The van der Waals surface area contributed by atoms with Crippen LogP contribution in [0.1, 0.15) is 12.8 Å². The van der Waals surface area contributed by atoms with Crippen molar-refractivity contribution in [3.63, 3.8) is 0 Å². The maximum Gasteiger partial charge on any atom is 0.264 e. The van der Waals surface area contributed by atoms with Gasteiger partial charge < -0.3 is 25.6 Å². The number of hydrogen-bond donors (Lipinski definition) is 2. The van der Waals surface area contributed by atoms with Crippen molar-refractivity contribution in [3.05, 3.63) is 72.6 Å². The molecule has 0 radical (unpaired) electrons. The van der Waals surface area contributed by atoms with Crippen molar-refractivity contribution in [1.29, 1.82) is 5.26 Å². The number of carbonyl (C=O) groups excluding carboxylic acids is 1. The number of likely N-dealkylation sites (tertiary alicyclic amines) is 1. The quantitative estimate of drug-likeness (QED) is 0.355. The van der Waals surface area contributed by atoms with E-state index in [0.717, 1.165) is 24.2 Å². The maximum atomic E-state index is 13.0. The molecule has 1 aliphatic heterocycles. The van der Waals surface area contributed by atoms with Gasteiger partial charge in [-0.1, -0.05) is 30.3 Å². The third-order valence-electron chi connectivity index (χ3n) is 6.06. The van der Waals surface area contributed by atoms with Crippen molar-refractivity contribution in [3.8, 4) is 28.7 Å². The molecule has 4 rings (SSSR count). The Hall–Kier alpha value is -4.42. The third-order valence-corrected chi connectivity index (χ3v) is 6.06. The number of rotatable bonds is 8. The molecular weight excluding hydrogens is 466 g/mol. The summed E-state index contributed by atoms with van der Waals surface area (Å²) in [6.07, 6.45) is 4.78. The lowest BCUT2D eigenvalue weighted by Gasteiger charge is -2.33. The lowest BCUT2D eigenvalue weighted by atomic mass is 10.0. The van der Waals surface area contributed by atoms with E-state index in [2.05, 4.69) is 21.4 Å². The van der Waals surface area contributed by atoms with Gasteiger partial charge in [0.25, 0.3) is 5.91 Å². The number of benzene rings is 2. The molecule has 9 heteroatoms. The molecule has 1 saturated heterocycles. The van der Waals surface area contributed by atoms with Crippen molar-refractivity contribution in [2.24, 2.45) is 0 Å². The number of ether oxygens (including phenoxy) is 1. The number of nitrogens with two attached hydrogens (primary N) is 1. The van der Waals surface area contributed by atoms with Gasteiger partial charge in [0.15, 0.2) is 0 Å². The van der Waals surface area contributed by atoms with Gasteiger partial charge in [0.1, 0.15) is 41.1 Å². The number of piperidine rings is 1. The number of para-hydroxylation sites is 1. The number of anilines is 2. The molecule has 3 aromatic rings. The SMILES string of the molecule is CN(C)C/C=C(\C#N)C(=O)N1CCCC(Nc2ncnc(N)c2-c2ccc(Oc3ccccc3)cc2)C1. The summed E-state index contributed by atoms with van der Waals surface area (Å²) in [5.41, 5.74) is 7.99. The molecule has 2 heterocycles. The molecular formula is C28H31N7O2. The van der Waals surface area contributed by atoms with Gasteiger partial charge in [0.2, 0.25) is 0 Å². The second-order valence-corrected chi connectivity index (χ2v) is 9.15. The largest absolute Gasteiger partial charge is 0.457 e. The van der Waals surface area contributed by atoms with E-state index in [9.17, 15) is 10.1 Å². The maximum absolute atomic E-state index is 13.0. The van der Waals surface area contributed by atoms with Gasteiger partial charge in [-0.3, -0.25) is 4.79 Å². The molecule has 0 bridgehead atoms. The van der Waals surface area contributed by atoms with Crippen LogP contribution in [0.5, 0.6) is 11.5 Å². The van der Waals surface area contributed by atoms with Crippen LogP contribution in [0.2, 0.25) is 0 Å². The van der Waals surface area contributed by atoms with E-state index in [1.54, 1.807) is 11.0 Å². The van der Waals surface area contributed by atoms with E-state index in [-0.39, 0.29) is 17.5 Å². The van der Waals surface area contributed by atoms with Gasteiger partial charge in [-0.15, -0.1) is 0 Å². The average Bonchev–Trinajstić information content (AvgIpc) is 2.90. The van der Waals surface area contributed by atoms with E-state index in [0.29, 0.717) is 42.6 Å². The summed E-state index contributed by atoms with van der Waals surface area (Å²) in [7, 11) is 3.79. The minimum Gasteiger partial charge on any atom is -0.457 e. The predicted octanol–water partition coefficient (Wildman–Crippen LogP) is 3.93. The van der Waals surface area contributed by atoms with Crippen molar-refractivity contribution in [1.82, 2.24) is 19.8 Å². The second kappa shape index (κ2) is 12.0. The molecule has 0 saturated carbocycles. The smallest absolute Gasteiger partial charge is 0.264 e. The van der Waals surface area contributed by atoms with E-state index in [4.69, 9.17) is 10.5 Å². The Labute approximate surface area is 217 Å². The summed E-state index contributed by atoms with van der Waals surface area (Å²) >= 11 is 0. The normalized spacial score (nSPS) is 15.8. The van der Waals surface area contributed by atoms with E-state index >= 15 is 0 Å². The molecule has 0 spiro atoms. The van der Waals surface area contributed by atoms with Gasteiger partial charge in [0, 0.05) is 25.7 Å². The van der Waals surface area contributed by atoms with Crippen molar-refractivity contribution in [2.75, 3.05) is 44.8 Å². The van der Waals surface area contributed by atoms with Crippen LogP contribution in [0.3, 0.4) is 0 Å². The lowest BCUT2D eigenvalue weighted by Crippen LogP contribution is -2.45. The summed E-state index contributed by atoms with van der Waals surface area (Å²) in [6.45, 7) is 1.61. The number of amides is 1. The molecule has 1 amide bonds. The number of aromatic nitrogens is 2. The summed E-state index contributed by atoms with van der Waals surface area (Å²) in [4.78, 5) is 25.3. The highest BCUT2D eigenvalue weighted by Gasteiger charge is 2.27. The van der Waals surface area contributed by atoms with Crippen LogP contribution in [-0.2, 0) is 4.79 Å². The molecule has 190 valence electrons. The highest BCUT2D eigenvalue weighted by molar-refractivity contribution is 5.97.